The zero-order valence-corrected chi connectivity index (χ0v) is 9.55. The molecule has 84 valence electrons. The minimum absolute atomic E-state index is 0.111. The predicted molar refractivity (Wildman–Crippen MR) is 55.6 cm³/mol. The molecule has 0 aromatic carbocycles. The molecule has 4 nitrogen and oxygen atoms in total. The first-order valence-electron chi connectivity index (χ1n) is 4.74. The van der Waals surface area contributed by atoms with E-state index in [-0.39, 0.29) is 6.07 Å². The molecule has 0 radical (unpaired) electrons. The van der Waals surface area contributed by atoms with Gasteiger partial charge in [-0.15, -0.1) is 0 Å². The fraction of sp³-hybridized carbons (Fsp3) is 0.889. The van der Waals surface area contributed by atoms with Crippen molar-refractivity contribution in [3.8, 4) is 0 Å². The van der Waals surface area contributed by atoms with Gasteiger partial charge >= 0.3 is 6.09 Å². The molecule has 14 heavy (non-hydrogen) atoms. The van der Waals surface area contributed by atoms with Gasteiger partial charge in [-0.2, -0.15) is 0 Å². The van der Waals surface area contributed by atoms with E-state index in [0.29, 0.717) is 13.2 Å². The Morgan fingerprint density at radius 3 is 2.71 bits per heavy atom. The zero-order valence-electron chi connectivity index (χ0n) is 8.79. The normalized spacial score (nSPS) is 9.93. The van der Waals surface area contributed by atoms with Crippen molar-refractivity contribution in [1.29, 1.82) is 0 Å². The van der Waals surface area contributed by atoms with Gasteiger partial charge in [-0.3, -0.25) is 0 Å². The minimum Gasteiger partial charge on any atom is -0.433 e. The van der Waals surface area contributed by atoms with Crippen LogP contribution in [0.2, 0.25) is 0 Å². The number of rotatable bonds is 7. The lowest BCUT2D eigenvalue weighted by Crippen LogP contribution is -2.30. The molecule has 0 saturated carbocycles. The summed E-state index contributed by atoms with van der Waals surface area (Å²) >= 11 is 5.24. The van der Waals surface area contributed by atoms with Crippen LogP contribution in [0.25, 0.3) is 0 Å². The van der Waals surface area contributed by atoms with Gasteiger partial charge in [0.05, 0.1) is 6.61 Å². The Kier molecular flexibility index (Phi) is 8.78. The smallest absolute Gasteiger partial charge is 0.410 e. The van der Waals surface area contributed by atoms with Gasteiger partial charge in [0.15, 0.2) is 6.07 Å². The van der Waals surface area contributed by atoms with Crippen molar-refractivity contribution in [2.45, 2.75) is 19.8 Å². The average Bonchev–Trinajstić information content (AvgIpc) is 2.17. The first kappa shape index (κ1) is 13.5. The largest absolute Gasteiger partial charge is 0.433 e. The highest BCUT2D eigenvalue weighted by atomic mass is 35.5. The molecule has 0 N–H and O–H groups in total. The summed E-state index contributed by atoms with van der Waals surface area (Å²) in [5.41, 5.74) is 0. The molecule has 0 aromatic rings. The molecule has 0 aliphatic heterocycles. The summed E-state index contributed by atoms with van der Waals surface area (Å²) in [7, 11) is 1.65. The van der Waals surface area contributed by atoms with E-state index in [1.807, 2.05) is 0 Å². The van der Waals surface area contributed by atoms with E-state index in [1.54, 1.807) is 7.05 Å². The topological polar surface area (TPSA) is 38.8 Å². The van der Waals surface area contributed by atoms with Crippen LogP contribution in [0, 0.1) is 0 Å². The van der Waals surface area contributed by atoms with E-state index < -0.39 is 6.09 Å². The number of ether oxygens (including phenoxy) is 2. The van der Waals surface area contributed by atoms with Crippen LogP contribution in [0.4, 0.5) is 4.79 Å². The van der Waals surface area contributed by atoms with Crippen LogP contribution >= 0.6 is 11.6 Å². The van der Waals surface area contributed by atoms with Crippen LogP contribution in [0.15, 0.2) is 0 Å². The summed E-state index contributed by atoms with van der Waals surface area (Å²) in [5.74, 6) is 0. The predicted octanol–water partition coefficient (Wildman–Crippen LogP) is 2.07. The summed E-state index contributed by atoms with van der Waals surface area (Å²) in [6.07, 6.45) is 1.75. The Morgan fingerprint density at radius 1 is 1.43 bits per heavy atom. The Bertz CT molecular complexity index is 155. The highest BCUT2D eigenvalue weighted by Gasteiger charge is 2.07. The number of hydrogen-bond donors (Lipinski definition) is 0. The van der Waals surface area contributed by atoms with Crippen molar-refractivity contribution in [2.24, 2.45) is 0 Å². The monoisotopic (exact) mass is 223 g/mol. The fourth-order valence-corrected chi connectivity index (χ4v) is 0.891. The molecule has 0 heterocycles. The van der Waals surface area contributed by atoms with Crippen molar-refractivity contribution in [3.63, 3.8) is 0 Å². The van der Waals surface area contributed by atoms with Crippen LogP contribution < -0.4 is 0 Å². The SMILES string of the molecule is CCCCOCCN(C)C(=O)OCCl. The van der Waals surface area contributed by atoms with E-state index in [9.17, 15) is 4.79 Å². The molecule has 0 spiro atoms. The molecular formula is C9H18ClNO3. The minimum atomic E-state index is -0.418. The lowest BCUT2D eigenvalue weighted by Gasteiger charge is -2.15. The number of unbranched alkanes of at least 4 members (excludes halogenated alkanes) is 1. The van der Waals surface area contributed by atoms with E-state index in [4.69, 9.17) is 16.3 Å². The van der Waals surface area contributed by atoms with E-state index >= 15 is 0 Å². The van der Waals surface area contributed by atoms with Gasteiger partial charge < -0.3 is 14.4 Å². The molecule has 0 saturated heterocycles. The molecule has 1 amide bonds. The van der Waals surface area contributed by atoms with Crippen molar-refractivity contribution >= 4 is 17.7 Å². The van der Waals surface area contributed by atoms with Crippen LogP contribution in [-0.4, -0.2) is 43.9 Å². The number of likely N-dealkylation sites (N-methyl/N-ethyl adjacent to an activating group) is 1. The van der Waals surface area contributed by atoms with E-state index in [1.165, 1.54) is 4.90 Å². The second kappa shape index (κ2) is 9.09. The second-order valence-corrected chi connectivity index (χ2v) is 3.13. The van der Waals surface area contributed by atoms with Crippen LogP contribution in [0.1, 0.15) is 19.8 Å². The Labute approximate surface area is 90.1 Å². The molecule has 0 fully saturated rings. The van der Waals surface area contributed by atoms with Gasteiger partial charge in [-0.05, 0) is 6.42 Å². The second-order valence-electron chi connectivity index (χ2n) is 2.91. The number of amides is 1. The van der Waals surface area contributed by atoms with Gasteiger partial charge in [0.25, 0.3) is 0 Å². The first-order chi connectivity index (χ1) is 6.72. The molecule has 0 aliphatic carbocycles. The third-order valence-electron chi connectivity index (χ3n) is 1.70. The Balaban J connectivity index is 3.34. The maximum Gasteiger partial charge on any atom is 0.410 e. The standard InChI is InChI=1S/C9H18ClNO3/c1-3-4-6-13-7-5-11(2)9(12)14-8-10/h3-8H2,1-2H3. The van der Waals surface area contributed by atoms with Crippen molar-refractivity contribution < 1.29 is 14.3 Å². The number of nitrogens with zero attached hydrogens (tertiary/aromatic N) is 1. The van der Waals surface area contributed by atoms with Gasteiger partial charge in [0.2, 0.25) is 0 Å². The lowest BCUT2D eigenvalue weighted by atomic mass is 10.4. The number of alkyl halides is 1. The third kappa shape index (κ3) is 6.97. The fourth-order valence-electron chi connectivity index (χ4n) is 0.798. The summed E-state index contributed by atoms with van der Waals surface area (Å²) < 4.78 is 9.87. The van der Waals surface area contributed by atoms with Gasteiger partial charge in [0.1, 0.15) is 0 Å². The van der Waals surface area contributed by atoms with Crippen LogP contribution in [0.5, 0.6) is 0 Å². The van der Waals surface area contributed by atoms with E-state index in [2.05, 4.69) is 11.7 Å². The molecule has 5 heteroatoms. The lowest BCUT2D eigenvalue weighted by molar-refractivity contribution is 0.0904. The number of carbonyl (C=O) groups is 1. The van der Waals surface area contributed by atoms with E-state index in [0.717, 1.165) is 19.4 Å². The Morgan fingerprint density at radius 2 is 2.14 bits per heavy atom. The number of carbonyl (C=O) groups excluding carboxylic acids is 1. The number of hydrogen-bond acceptors (Lipinski definition) is 3. The summed E-state index contributed by atoms with van der Waals surface area (Å²) in [5, 5.41) is 0. The molecule has 0 rings (SSSR count). The molecule has 0 aromatic heterocycles. The van der Waals surface area contributed by atoms with Crippen LogP contribution in [0.3, 0.4) is 0 Å². The highest BCUT2D eigenvalue weighted by molar-refractivity contribution is 6.17. The first-order valence-corrected chi connectivity index (χ1v) is 5.27. The molecule has 0 aliphatic rings. The van der Waals surface area contributed by atoms with Gasteiger partial charge in [-0.1, -0.05) is 24.9 Å². The highest BCUT2D eigenvalue weighted by Crippen LogP contribution is 1.93. The van der Waals surface area contributed by atoms with Crippen LogP contribution in [-0.2, 0) is 9.47 Å². The maximum absolute atomic E-state index is 11.0. The van der Waals surface area contributed by atoms with Gasteiger partial charge in [-0.25, -0.2) is 4.79 Å². The molecule has 0 bridgehead atoms. The Hall–Kier alpha value is -0.480. The van der Waals surface area contributed by atoms with Gasteiger partial charge in [0, 0.05) is 20.2 Å². The van der Waals surface area contributed by atoms with Crippen molar-refractivity contribution in [2.75, 3.05) is 32.9 Å². The van der Waals surface area contributed by atoms with Crippen molar-refractivity contribution in [3.05, 3.63) is 0 Å². The average molecular weight is 224 g/mol. The van der Waals surface area contributed by atoms with Crippen molar-refractivity contribution in [1.82, 2.24) is 4.90 Å². The molecule has 0 unspecified atom stereocenters. The zero-order chi connectivity index (χ0) is 10.8. The summed E-state index contributed by atoms with van der Waals surface area (Å²) in [6, 6.07) is -0.111. The third-order valence-corrected chi connectivity index (χ3v) is 1.81. The maximum atomic E-state index is 11.0. The molecule has 0 atom stereocenters. The number of halogens is 1. The summed E-state index contributed by atoms with van der Waals surface area (Å²) in [4.78, 5) is 12.5. The summed E-state index contributed by atoms with van der Waals surface area (Å²) in [6.45, 7) is 3.91. The quantitative estimate of drug-likeness (QED) is 0.490. The molecular weight excluding hydrogens is 206 g/mol.